The van der Waals surface area contributed by atoms with Crippen LogP contribution in [0.25, 0.3) is 0 Å². The highest BCUT2D eigenvalue weighted by molar-refractivity contribution is 7.89. The summed E-state index contributed by atoms with van der Waals surface area (Å²) in [5, 5.41) is 3.29. The van der Waals surface area contributed by atoms with Crippen molar-refractivity contribution in [3.63, 3.8) is 0 Å². The Labute approximate surface area is 120 Å². The number of sulfonamides is 1. The fourth-order valence-corrected chi connectivity index (χ4v) is 3.50. The van der Waals surface area contributed by atoms with Crippen molar-refractivity contribution in [3.8, 4) is 0 Å². The van der Waals surface area contributed by atoms with Crippen LogP contribution in [0.2, 0.25) is 0 Å². The van der Waals surface area contributed by atoms with Crippen molar-refractivity contribution in [2.24, 2.45) is 5.92 Å². The third kappa shape index (κ3) is 4.42. The molecule has 1 aromatic rings. The van der Waals surface area contributed by atoms with Crippen molar-refractivity contribution < 1.29 is 8.42 Å². The first-order valence-corrected chi connectivity index (χ1v) is 7.71. The quantitative estimate of drug-likeness (QED) is 0.876. The van der Waals surface area contributed by atoms with Gasteiger partial charge in [0.15, 0.2) is 0 Å². The van der Waals surface area contributed by atoms with E-state index in [2.05, 4.69) is 15.0 Å². The van der Waals surface area contributed by atoms with Crippen molar-refractivity contribution in [1.29, 1.82) is 0 Å². The molecular weight excluding hydrogens is 286 g/mol. The summed E-state index contributed by atoms with van der Waals surface area (Å²) in [7, 11) is -3.45. The smallest absolute Gasteiger partial charge is 0.242 e. The lowest BCUT2D eigenvalue weighted by Crippen LogP contribution is -2.44. The van der Waals surface area contributed by atoms with Crippen LogP contribution in [0.15, 0.2) is 29.4 Å². The Kier molecular flexibility index (Phi) is 6.19. The summed E-state index contributed by atoms with van der Waals surface area (Å²) < 4.78 is 27.0. The average Bonchev–Trinajstić information content (AvgIpc) is 2.40. The van der Waals surface area contributed by atoms with E-state index in [-0.39, 0.29) is 23.3 Å². The van der Waals surface area contributed by atoms with Crippen molar-refractivity contribution in [1.82, 2.24) is 15.0 Å². The Bertz CT molecular complexity index is 475. The van der Waals surface area contributed by atoms with Crippen LogP contribution < -0.4 is 10.0 Å². The SMILES string of the molecule is CC(NS(=O)(=O)c1cccnc1)C1CCCNC1.Cl. The van der Waals surface area contributed by atoms with E-state index in [1.165, 1.54) is 6.20 Å². The molecule has 0 amide bonds. The molecule has 5 nitrogen and oxygen atoms in total. The molecule has 2 rings (SSSR count). The van der Waals surface area contributed by atoms with E-state index in [0.29, 0.717) is 5.92 Å². The zero-order valence-electron chi connectivity index (χ0n) is 10.9. The van der Waals surface area contributed by atoms with Crippen LogP contribution in [-0.4, -0.2) is 32.5 Å². The van der Waals surface area contributed by atoms with Gasteiger partial charge in [-0.15, -0.1) is 12.4 Å². The van der Waals surface area contributed by atoms with Gasteiger partial charge in [-0.25, -0.2) is 13.1 Å². The molecule has 0 radical (unpaired) electrons. The lowest BCUT2D eigenvalue weighted by molar-refractivity contribution is 0.320. The van der Waals surface area contributed by atoms with Crippen LogP contribution >= 0.6 is 12.4 Å². The number of hydrogen-bond donors (Lipinski definition) is 2. The fraction of sp³-hybridized carbons (Fsp3) is 0.583. The third-order valence-corrected chi connectivity index (χ3v) is 4.87. The summed E-state index contributed by atoms with van der Waals surface area (Å²) in [4.78, 5) is 4.06. The van der Waals surface area contributed by atoms with E-state index in [0.717, 1.165) is 25.9 Å². The highest BCUT2D eigenvalue weighted by Gasteiger charge is 2.24. The van der Waals surface area contributed by atoms with E-state index in [1.54, 1.807) is 18.3 Å². The van der Waals surface area contributed by atoms with Gasteiger partial charge in [0.2, 0.25) is 10.0 Å². The molecule has 0 saturated carbocycles. The molecule has 0 aliphatic carbocycles. The molecule has 0 bridgehead atoms. The lowest BCUT2D eigenvalue weighted by atomic mass is 9.94. The Hall–Kier alpha value is -0.690. The summed E-state index contributed by atoms with van der Waals surface area (Å²) in [6, 6.07) is 3.12. The number of halogens is 1. The van der Waals surface area contributed by atoms with Crippen LogP contribution in [0.5, 0.6) is 0 Å². The van der Waals surface area contributed by atoms with Crippen LogP contribution in [0.3, 0.4) is 0 Å². The van der Waals surface area contributed by atoms with Gasteiger partial charge < -0.3 is 5.32 Å². The number of rotatable bonds is 4. The normalized spacial score (nSPS) is 21.4. The van der Waals surface area contributed by atoms with Gasteiger partial charge in [-0.1, -0.05) is 0 Å². The Morgan fingerprint density at radius 2 is 2.32 bits per heavy atom. The molecule has 19 heavy (non-hydrogen) atoms. The average molecular weight is 306 g/mol. The molecule has 0 spiro atoms. The van der Waals surface area contributed by atoms with Gasteiger partial charge in [-0.3, -0.25) is 4.98 Å². The minimum absolute atomic E-state index is 0. The second kappa shape index (κ2) is 7.19. The highest BCUT2D eigenvalue weighted by atomic mass is 35.5. The third-order valence-electron chi connectivity index (χ3n) is 3.33. The van der Waals surface area contributed by atoms with E-state index >= 15 is 0 Å². The van der Waals surface area contributed by atoms with Crippen LogP contribution in [0, 0.1) is 5.92 Å². The molecule has 1 aliphatic heterocycles. The molecule has 2 unspecified atom stereocenters. The van der Waals surface area contributed by atoms with E-state index in [1.807, 2.05) is 6.92 Å². The van der Waals surface area contributed by atoms with Gasteiger partial charge in [0.25, 0.3) is 0 Å². The number of aromatic nitrogens is 1. The molecule has 2 N–H and O–H groups in total. The molecule has 1 fully saturated rings. The summed E-state index contributed by atoms with van der Waals surface area (Å²) >= 11 is 0. The van der Waals surface area contributed by atoms with Crippen molar-refractivity contribution in [2.45, 2.75) is 30.7 Å². The van der Waals surface area contributed by atoms with E-state index in [4.69, 9.17) is 0 Å². The number of pyridine rings is 1. The largest absolute Gasteiger partial charge is 0.316 e. The molecule has 1 aliphatic rings. The van der Waals surface area contributed by atoms with Crippen LogP contribution in [0.4, 0.5) is 0 Å². The second-order valence-electron chi connectivity index (χ2n) is 4.71. The van der Waals surface area contributed by atoms with Gasteiger partial charge in [0.1, 0.15) is 4.90 Å². The molecule has 2 heterocycles. The topological polar surface area (TPSA) is 71.1 Å². The standard InChI is InChI=1S/C12H19N3O2S.ClH/c1-10(11-4-2-6-13-8-11)15-18(16,17)12-5-3-7-14-9-12;/h3,5,7,9-11,13,15H,2,4,6,8H2,1H3;1H. The minimum Gasteiger partial charge on any atom is -0.316 e. The first-order chi connectivity index (χ1) is 8.59. The maximum Gasteiger partial charge on any atom is 0.242 e. The van der Waals surface area contributed by atoms with Gasteiger partial charge in [0, 0.05) is 18.4 Å². The van der Waals surface area contributed by atoms with Gasteiger partial charge in [0.05, 0.1) is 0 Å². The maximum absolute atomic E-state index is 12.1. The first kappa shape index (κ1) is 16.4. The Morgan fingerprint density at radius 1 is 1.53 bits per heavy atom. The molecule has 108 valence electrons. The molecule has 2 atom stereocenters. The fourth-order valence-electron chi connectivity index (χ4n) is 2.22. The number of hydrogen-bond acceptors (Lipinski definition) is 4. The van der Waals surface area contributed by atoms with Crippen molar-refractivity contribution in [2.75, 3.05) is 13.1 Å². The van der Waals surface area contributed by atoms with Crippen molar-refractivity contribution in [3.05, 3.63) is 24.5 Å². The zero-order chi connectivity index (χ0) is 13.0. The maximum atomic E-state index is 12.1. The number of nitrogens with one attached hydrogen (secondary N) is 2. The minimum atomic E-state index is -3.45. The zero-order valence-corrected chi connectivity index (χ0v) is 12.5. The van der Waals surface area contributed by atoms with Crippen LogP contribution in [-0.2, 0) is 10.0 Å². The Balaban J connectivity index is 0.00000180. The molecule has 1 aromatic heterocycles. The number of piperidine rings is 1. The van der Waals surface area contributed by atoms with E-state index < -0.39 is 10.0 Å². The van der Waals surface area contributed by atoms with E-state index in [9.17, 15) is 8.42 Å². The summed E-state index contributed by atoms with van der Waals surface area (Å²) in [6.45, 7) is 3.82. The molecular formula is C12H20ClN3O2S. The summed E-state index contributed by atoms with van der Waals surface area (Å²) in [5.74, 6) is 0.352. The second-order valence-corrected chi connectivity index (χ2v) is 6.42. The molecule has 0 aromatic carbocycles. The highest BCUT2D eigenvalue weighted by Crippen LogP contribution is 2.16. The first-order valence-electron chi connectivity index (χ1n) is 6.22. The summed E-state index contributed by atoms with van der Waals surface area (Å²) in [5.41, 5.74) is 0. The predicted octanol–water partition coefficient (Wildman–Crippen LogP) is 1.17. The monoisotopic (exact) mass is 305 g/mol. The van der Waals surface area contributed by atoms with Crippen molar-refractivity contribution >= 4 is 22.4 Å². The Morgan fingerprint density at radius 3 is 2.89 bits per heavy atom. The van der Waals surface area contributed by atoms with Gasteiger partial charge >= 0.3 is 0 Å². The molecule has 7 heteroatoms. The van der Waals surface area contributed by atoms with Gasteiger partial charge in [-0.05, 0) is 50.9 Å². The van der Waals surface area contributed by atoms with Gasteiger partial charge in [-0.2, -0.15) is 0 Å². The lowest BCUT2D eigenvalue weighted by Gasteiger charge is -2.28. The summed E-state index contributed by atoms with van der Waals surface area (Å²) in [6.07, 6.45) is 5.09. The molecule has 1 saturated heterocycles. The van der Waals surface area contributed by atoms with Crippen LogP contribution in [0.1, 0.15) is 19.8 Å². The predicted molar refractivity (Wildman–Crippen MR) is 76.9 cm³/mol. The number of nitrogens with zero attached hydrogens (tertiary/aromatic N) is 1.